The highest BCUT2D eigenvalue weighted by Gasteiger charge is 2.29. The van der Waals surface area contributed by atoms with Crippen molar-refractivity contribution in [3.8, 4) is 0 Å². The van der Waals surface area contributed by atoms with Gasteiger partial charge in [-0.3, -0.25) is 4.90 Å². The number of para-hydroxylation sites is 1. The molecule has 1 aromatic carbocycles. The van der Waals surface area contributed by atoms with Crippen molar-refractivity contribution in [1.29, 1.82) is 0 Å². The molecule has 2 aromatic rings. The molecular formula is C18H23N3OS. The van der Waals surface area contributed by atoms with Crippen LogP contribution in [0.4, 0.5) is 10.5 Å². The molecule has 23 heavy (non-hydrogen) atoms. The summed E-state index contributed by atoms with van der Waals surface area (Å²) in [5, 5.41) is 8.11. The highest BCUT2D eigenvalue weighted by atomic mass is 32.1. The lowest BCUT2D eigenvalue weighted by Gasteiger charge is -2.32. The van der Waals surface area contributed by atoms with E-state index < -0.39 is 0 Å². The molecule has 1 fully saturated rings. The van der Waals surface area contributed by atoms with Crippen LogP contribution >= 0.6 is 11.3 Å². The van der Waals surface area contributed by atoms with Crippen LogP contribution in [0.5, 0.6) is 0 Å². The molecule has 0 radical (unpaired) electrons. The molecule has 1 saturated heterocycles. The van der Waals surface area contributed by atoms with Crippen molar-refractivity contribution in [3.05, 3.63) is 52.7 Å². The predicted molar refractivity (Wildman–Crippen MR) is 95.9 cm³/mol. The number of carbonyl (C=O) groups excluding carboxylic acids is 1. The van der Waals surface area contributed by atoms with E-state index >= 15 is 0 Å². The number of likely N-dealkylation sites (tertiary alicyclic amines) is 1. The zero-order chi connectivity index (χ0) is 16.1. The summed E-state index contributed by atoms with van der Waals surface area (Å²) in [6, 6.07) is 13.9. The monoisotopic (exact) mass is 329 g/mol. The third-order valence-electron chi connectivity index (χ3n) is 4.23. The van der Waals surface area contributed by atoms with Gasteiger partial charge in [-0.05, 0) is 56.4 Å². The van der Waals surface area contributed by atoms with Gasteiger partial charge in [0.15, 0.2) is 0 Å². The summed E-state index contributed by atoms with van der Waals surface area (Å²) in [5.74, 6) is 0. The molecule has 1 aliphatic heterocycles. The molecule has 1 aromatic heterocycles. The Hall–Kier alpha value is -1.85. The molecule has 3 rings (SSSR count). The maximum absolute atomic E-state index is 12.3. The van der Waals surface area contributed by atoms with Crippen LogP contribution in [-0.4, -0.2) is 30.1 Å². The molecule has 0 spiro atoms. The van der Waals surface area contributed by atoms with Crippen molar-refractivity contribution >= 4 is 23.1 Å². The summed E-state index contributed by atoms with van der Waals surface area (Å²) in [7, 11) is 0. The lowest BCUT2D eigenvalue weighted by Crippen LogP contribution is -2.45. The minimum atomic E-state index is -0.149. The minimum Gasteiger partial charge on any atom is -0.333 e. The zero-order valence-corrected chi connectivity index (χ0v) is 14.2. The molecule has 2 N–H and O–H groups in total. The minimum absolute atomic E-state index is 0.0514. The normalized spacial score (nSPS) is 17.6. The molecule has 0 bridgehead atoms. The van der Waals surface area contributed by atoms with Gasteiger partial charge in [0.25, 0.3) is 0 Å². The predicted octanol–water partition coefficient (Wildman–Crippen LogP) is 4.10. The van der Waals surface area contributed by atoms with E-state index in [-0.39, 0.29) is 18.1 Å². The first-order valence-corrected chi connectivity index (χ1v) is 9.02. The van der Waals surface area contributed by atoms with Crippen LogP contribution in [0.3, 0.4) is 0 Å². The summed E-state index contributed by atoms with van der Waals surface area (Å²) in [6.07, 6.45) is 2.48. The van der Waals surface area contributed by atoms with Gasteiger partial charge in [-0.1, -0.05) is 24.3 Å². The number of urea groups is 1. The van der Waals surface area contributed by atoms with Crippen molar-refractivity contribution in [2.24, 2.45) is 0 Å². The second-order valence-corrected chi connectivity index (χ2v) is 6.94. The SMILES string of the molecule is C[C@@H](NC(=O)Nc1ccccc1)[C@@H](c1cccs1)N1CCCC1. The first-order chi connectivity index (χ1) is 11.2. The largest absolute Gasteiger partial charge is 0.333 e. The fourth-order valence-electron chi connectivity index (χ4n) is 3.20. The Balaban J connectivity index is 1.66. The van der Waals surface area contributed by atoms with E-state index in [1.165, 1.54) is 17.7 Å². The quantitative estimate of drug-likeness (QED) is 0.867. The van der Waals surface area contributed by atoms with Gasteiger partial charge < -0.3 is 10.6 Å². The Kier molecular flexibility index (Phi) is 5.31. The van der Waals surface area contributed by atoms with E-state index in [0.717, 1.165) is 18.8 Å². The summed E-state index contributed by atoms with van der Waals surface area (Å²) < 4.78 is 0. The first-order valence-electron chi connectivity index (χ1n) is 8.14. The molecular weight excluding hydrogens is 306 g/mol. The van der Waals surface area contributed by atoms with Gasteiger partial charge >= 0.3 is 6.03 Å². The van der Waals surface area contributed by atoms with Crippen LogP contribution in [-0.2, 0) is 0 Å². The molecule has 4 nitrogen and oxygen atoms in total. The number of hydrogen-bond donors (Lipinski definition) is 2. The maximum atomic E-state index is 12.3. The summed E-state index contributed by atoms with van der Waals surface area (Å²) in [6.45, 7) is 4.30. The summed E-state index contributed by atoms with van der Waals surface area (Å²) in [4.78, 5) is 16.1. The highest BCUT2D eigenvalue weighted by Crippen LogP contribution is 2.31. The number of benzene rings is 1. The molecule has 2 atom stereocenters. The lowest BCUT2D eigenvalue weighted by molar-refractivity contribution is 0.200. The number of nitrogens with zero attached hydrogens (tertiary/aromatic N) is 1. The van der Waals surface area contributed by atoms with Gasteiger partial charge in [0.2, 0.25) is 0 Å². The number of nitrogens with one attached hydrogen (secondary N) is 2. The highest BCUT2D eigenvalue weighted by molar-refractivity contribution is 7.10. The van der Waals surface area contributed by atoms with Crippen LogP contribution in [0.2, 0.25) is 0 Å². The Morgan fingerprint density at radius 1 is 1.13 bits per heavy atom. The topological polar surface area (TPSA) is 44.4 Å². The van der Waals surface area contributed by atoms with Crippen molar-refractivity contribution in [2.45, 2.75) is 31.8 Å². The van der Waals surface area contributed by atoms with Gasteiger partial charge in [-0.2, -0.15) is 0 Å². The summed E-state index contributed by atoms with van der Waals surface area (Å²) >= 11 is 1.76. The third kappa shape index (κ3) is 4.12. The second-order valence-electron chi connectivity index (χ2n) is 5.96. The second kappa shape index (κ2) is 7.62. The maximum Gasteiger partial charge on any atom is 0.319 e. The fraction of sp³-hybridized carbons (Fsp3) is 0.389. The van der Waals surface area contributed by atoms with Gasteiger partial charge in [0, 0.05) is 16.6 Å². The van der Waals surface area contributed by atoms with E-state index in [9.17, 15) is 4.79 Å². The van der Waals surface area contributed by atoms with Crippen molar-refractivity contribution < 1.29 is 4.79 Å². The number of amides is 2. The number of anilines is 1. The number of hydrogen-bond acceptors (Lipinski definition) is 3. The number of rotatable bonds is 5. The third-order valence-corrected chi connectivity index (χ3v) is 5.18. The van der Waals surface area contributed by atoms with E-state index in [2.05, 4.69) is 40.0 Å². The smallest absolute Gasteiger partial charge is 0.319 e. The van der Waals surface area contributed by atoms with Gasteiger partial charge in [0.05, 0.1) is 6.04 Å². The standard InChI is InChI=1S/C18H23N3OS/c1-14(19-18(22)20-15-8-3-2-4-9-15)17(16-10-7-13-23-16)21-11-5-6-12-21/h2-4,7-10,13-14,17H,5-6,11-12H2,1H3,(H2,19,20,22)/t14-,17+/m1/s1. The van der Waals surface area contributed by atoms with Crippen LogP contribution < -0.4 is 10.6 Å². The number of carbonyl (C=O) groups is 1. The van der Waals surface area contributed by atoms with Gasteiger partial charge in [-0.15, -0.1) is 11.3 Å². The average molecular weight is 329 g/mol. The molecule has 0 saturated carbocycles. The van der Waals surface area contributed by atoms with E-state index in [1.54, 1.807) is 11.3 Å². The first kappa shape index (κ1) is 16.0. The molecule has 1 aliphatic rings. The molecule has 0 aliphatic carbocycles. The zero-order valence-electron chi connectivity index (χ0n) is 13.4. The Labute approximate surface area is 141 Å². The lowest BCUT2D eigenvalue weighted by atomic mass is 10.1. The Morgan fingerprint density at radius 3 is 2.52 bits per heavy atom. The van der Waals surface area contributed by atoms with Crippen LogP contribution in [0.1, 0.15) is 30.7 Å². The molecule has 2 amide bonds. The molecule has 122 valence electrons. The van der Waals surface area contributed by atoms with Crippen LogP contribution in [0.15, 0.2) is 47.8 Å². The van der Waals surface area contributed by atoms with Crippen molar-refractivity contribution in [1.82, 2.24) is 10.2 Å². The van der Waals surface area contributed by atoms with Crippen molar-refractivity contribution in [3.63, 3.8) is 0 Å². The van der Waals surface area contributed by atoms with Gasteiger partial charge in [-0.25, -0.2) is 4.79 Å². The summed E-state index contributed by atoms with van der Waals surface area (Å²) in [5.41, 5.74) is 0.811. The van der Waals surface area contributed by atoms with Crippen molar-refractivity contribution in [2.75, 3.05) is 18.4 Å². The van der Waals surface area contributed by atoms with Crippen LogP contribution in [0.25, 0.3) is 0 Å². The molecule has 2 heterocycles. The van der Waals surface area contributed by atoms with E-state index in [0.29, 0.717) is 0 Å². The van der Waals surface area contributed by atoms with Crippen LogP contribution in [0, 0.1) is 0 Å². The molecule has 5 heteroatoms. The Morgan fingerprint density at radius 2 is 1.87 bits per heavy atom. The number of thiophene rings is 1. The molecule has 0 unspecified atom stereocenters. The fourth-order valence-corrected chi connectivity index (χ4v) is 4.16. The van der Waals surface area contributed by atoms with Gasteiger partial charge in [0.1, 0.15) is 0 Å². The Bertz CT molecular complexity index is 608. The van der Waals surface area contributed by atoms with E-state index in [1.807, 2.05) is 30.3 Å². The average Bonchev–Trinajstić information content (AvgIpc) is 3.22. The van der Waals surface area contributed by atoms with E-state index in [4.69, 9.17) is 0 Å².